The molecule has 2 aromatic carbocycles. The van der Waals surface area contributed by atoms with E-state index in [1.165, 1.54) is 10.1 Å². The average Bonchev–Trinajstić information content (AvgIpc) is 3.20. The Kier molecular flexibility index (Phi) is 5.85. The van der Waals surface area contributed by atoms with Gasteiger partial charge in [0.25, 0.3) is 5.91 Å². The third kappa shape index (κ3) is 4.17. The molecule has 5 rings (SSSR count). The molecule has 1 amide bonds. The number of piperidine rings is 1. The monoisotopic (exact) mass is 458 g/mol. The maximum atomic E-state index is 12.9. The highest BCUT2D eigenvalue weighted by Crippen LogP contribution is 2.29. The Hall–Kier alpha value is -3.98. The van der Waals surface area contributed by atoms with E-state index in [0.717, 1.165) is 32.5 Å². The Morgan fingerprint density at radius 1 is 1.12 bits per heavy atom. The maximum Gasteiger partial charge on any atom is 0.332 e. The molecule has 0 aliphatic carbocycles. The first-order valence-electron chi connectivity index (χ1n) is 11.3. The van der Waals surface area contributed by atoms with Crippen LogP contribution in [0.2, 0.25) is 0 Å². The van der Waals surface area contributed by atoms with Crippen LogP contribution in [0, 0.1) is 0 Å². The number of nitrogens with zero attached hydrogens (tertiary/aromatic N) is 4. The normalized spacial score (nSPS) is 15.0. The van der Waals surface area contributed by atoms with Gasteiger partial charge in [0.15, 0.2) is 11.3 Å². The first-order chi connectivity index (χ1) is 16.5. The molecule has 3 N–H and O–H groups in total. The first-order valence-corrected chi connectivity index (χ1v) is 11.3. The van der Waals surface area contributed by atoms with Crippen LogP contribution in [0.5, 0.6) is 5.75 Å². The lowest BCUT2D eigenvalue weighted by Crippen LogP contribution is -2.33. The number of likely N-dealkylation sites (tertiary alicyclic amines) is 1. The van der Waals surface area contributed by atoms with Crippen LogP contribution in [0.25, 0.3) is 16.9 Å². The zero-order valence-corrected chi connectivity index (χ0v) is 18.9. The minimum absolute atomic E-state index is 0.0328. The number of nitrogens with one attached hydrogen (secondary N) is 1. The van der Waals surface area contributed by atoms with Gasteiger partial charge in [-0.3, -0.25) is 9.69 Å². The minimum atomic E-state index is -0.700. The van der Waals surface area contributed by atoms with Gasteiger partial charge in [0.2, 0.25) is 0 Å². The Labute approximate surface area is 196 Å². The molecule has 4 aromatic rings. The highest BCUT2D eigenvalue weighted by Gasteiger charge is 2.26. The number of nitrogens with two attached hydrogens (primary N) is 1. The Morgan fingerprint density at radius 2 is 1.88 bits per heavy atom. The number of hydrogen-bond acceptors (Lipinski definition) is 6. The molecule has 0 unspecified atom stereocenters. The van der Waals surface area contributed by atoms with Gasteiger partial charge in [-0.05, 0) is 43.6 Å². The fourth-order valence-corrected chi connectivity index (χ4v) is 4.54. The summed E-state index contributed by atoms with van der Waals surface area (Å²) in [5, 5.41) is 0. The second-order valence-corrected chi connectivity index (χ2v) is 8.50. The molecule has 2 aromatic heterocycles. The number of imidazole rings is 1. The second kappa shape index (κ2) is 9.11. The van der Waals surface area contributed by atoms with Gasteiger partial charge in [-0.15, -0.1) is 0 Å². The molecule has 9 heteroatoms. The molecule has 3 heterocycles. The Bertz CT molecular complexity index is 1390. The third-order valence-electron chi connectivity index (χ3n) is 6.30. The molecule has 0 atom stereocenters. The maximum absolute atomic E-state index is 12.9. The van der Waals surface area contributed by atoms with Crippen molar-refractivity contribution in [2.75, 3.05) is 20.2 Å². The van der Waals surface area contributed by atoms with Crippen LogP contribution >= 0.6 is 0 Å². The van der Waals surface area contributed by atoms with Crippen LogP contribution in [0.3, 0.4) is 0 Å². The van der Waals surface area contributed by atoms with Gasteiger partial charge in [-0.25, -0.2) is 19.3 Å². The molecule has 34 heavy (non-hydrogen) atoms. The number of aromatic nitrogens is 4. The molecule has 0 bridgehead atoms. The standard InChI is InChI=1S/C25H26N6O3/c1-34-19-9-5-8-18(14-19)31-24-21(28-25(31)33)20(22(26)32)27-23(29-24)17-10-12-30(13-11-17)15-16-6-3-2-4-7-16/h2-9,14,17H,10-13,15H2,1H3,(H2,26,32)(H,28,33). The van der Waals surface area contributed by atoms with Crippen molar-refractivity contribution in [2.45, 2.75) is 25.3 Å². The third-order valence-corrected chi connectivity index (χ3v) is 6.30. The second-order valence-electron chi connectivity index (χ2n) is 8.50. The summed E-state index contributed by atoms with van der Waals surface area (Å²) in [6.45, 7) is 2.68. The van der Waals surface area contributed by atoms with E-state index in [9.17, 15) is 9.59 Å². The number of benzene rings is 2. The molecule has 9 nitrogen and oxygen atoms in total. The highest BCUT2D eigenvalue weighted by molar-refractivity contribution is 6.01. The first kappa shape index (κ1) is 21.8. The number of aromatic amines is 1. The average molecular weight is 459 g/mol. The predicted molar refractivity (Wildman–Crippen MR) is 128 cm³/mol. The summed E-state index contributed by atoms with van der Waals surface area (Å²) in [4.78, 5) is 39.5. The van der Waals surface area contributed by atoms with Gasteiger partial charge in [-0.2, -0.15) is 0 Å². The van der Waals surface area contributed by atoms with E-state index in [2.05, 4.69) is 39.1 Å². The largest absolute Gasteiger partial charge is 0.497 e. The zero-order chi connectivity index (χ0) is 23.7. The fourth-order valence-electron chi connectivity index (χ4n) is 4.54. The number of fused-ring (bicyclic) bond motifs is 1. The molecular weight excluding hydrogens is 432 g/mol. The predicted octanol–water partition coefficient (Wildman–Crippen LogP) is 2.60. The zero-order valence-electron chi connectivity index (χ0n) is 18.9. The quantitative estimate of drug-likeness (QED) is 0.458. The molecule has 1 aliphatic heterocycles. The molecule has 174 valence electrons. The molecule has 1 fully saturated rings. The van der Waals surface area contributed by atoms with Crippen LogP contribution in [0.4, 0.5) is 0 Å². The van der Waals surface area contributed by atoms with E-state index in [4.69, 9.17) is 15.5 Å². The highest BCUT2D eigenvalue weighted by atomic mass is 16.5. The van der Waals surface area contributed by atoms with Crippen molar-refractivity contribution >= 4 is 17.1 Å². The lowest BCUT2D eigenvalue weighted by Gasteiger charge is -2.31. The van der Waals surface area contributed by atoms with Crippen molar-refractivity contribution in [1.82, 2.24) is 24.4 Å². The van der Waals surface area contributed by atoms with Crippen LogP contribution in [-0.4, -0.2) is 50.5 Å². The number of methoxy groups -OCH3 is 1. The van der Waals surface area contributed by atoms with Crippen molar-refractivity contribution < 1.29 is 9.53 Å². The lowest BCUT2D eigenvalue weighted by molar-refractivity contribution is 0.0996. The number of hydrogen-bond donors (Lipinski definition) is 2. The summed E-state index contributed by atoms with van der Waals surface area (Å²) in [5.41, 5.74) is 7.69. The van der Waals surface area contributed by atoms with E-state index in [0.29, 0.717) is 22.9 Å². The number of carbonyl (C=O) groups excluding carboxylic acids is 1. The molecule has 0 radical (unpaired) electrons. The summed E-state index contributed by atoms with van der Waals surface area (Å²) < 4.78 is 6.73. The van der Waals surface area contributed by atoms with Gasteiger partial charge in [-0.1, -0.05) is 36.4 Å². The van der Waals surface area contributed by atoms with Crippen LogP contribution in [0.1, 0.15) is 40.6 Å². The van der Waals surface area contributed by atoms with E-state index >= 15 is 0 Å². The van der Waals surface area contributed by atoms with E-state index < -0.39 is 11.6 Å². The molecule has 1 aliphatic rings. The summed E-state index contributed by atoms with van der Waals surface area (Å²) in [5.74, 6) is 0.512. The minimum Gasteiger partial charge on any atom is -0.497 e. The van der Waals surface area contributed by atoms with Gasteiger partial charge >= 0.3 is 5.69 Å². The van der Waals surface area contributed by atoms with E-state index in [-0.39, 0.29) is 17.1 Å². The molecule has 1 saturated heterocycles. The number of rotatable bonds is 6. The summed E-state index contributed by atoms with van der Waals surface area (Å²) in [7, 11) is 1.56. The van der Waals surface area contributed by atoms with Gasteiger partial charge in [0, 0.05) is 18.5 Å². The number of carbonyl (C=O) groups is 1. The number of ether oxygens (including phenoxy) is 1. The Morgan fingerprint density at radius 3 is 2.59 bits per heavy atom. The van der Waals surface area contributed by atoms with Crippen molar-refractivity contribution in [3.63, 3.8) is 0 Å². The summed E-state index contributed by atoms with van der Waals surface area (Å²) >= 11 is 0. The molecule has 0 saturated carbocycles. The van der Waals surface area contributed by atoms with Gasteiger partial charge < -0.3 is 15.5 Å². The van der Waals surface area contributed by atoms with Crippen molar-refractivity contribution in [3.8, 4) is 11.4 Å². The number of primary amides is 1. The van der Waals surface area contributed by atoms with Gasteiger partial charge in [0.1, 0.15) is 17.1 Å². The number of amides is 1. The fraction of sp³-hybridized carbons (Fsp3) is 0.280. The lowest BCUT2D eigenvalue weighted by atomic mass is 9.95. The van der Waals surface area contributed by atoms with Crippen molar-refractivity contribution in [2.24, 2.45) is 5.73 Å². The van der Waals surface area contributed by atoms with E-state index in [1.54, 1.807) is 31.4 Å². The van der Waals surface area contributed by atoms with Crippen LogP contribution in [-0.2, 0) is 6.54 Å². The SMILES string of the molecule is COc1cccc(-n2c(=O)[nH]c3c(C(N)=O)nc(C4CCN(Cc5ccccc5)CC4)nc32)c1. The molecule has 0 spiro atoms. The summed E-state index contributed by atoms with van der Waals surface area (Å²) in [6.07, 6.45) is 1.70. The number of H-pyrrole nitrogens is 1. The van der Waals surface area contributed by atoms with Crippen molar-refractivity contribution in [3.05, 3.63) is 82.2 Å². The topological polar surface area (TPSA) is 119 Å². The van der Waals surface area contributed by atoms with Gasteiger partial charge in [0.05, 0.1) is 12.8 Å². The Balaban J connectivity index is 1.48. The van der Waals surface area contributed by atoms with E-state index in [1.807, 2.05) is 6.07 Å². The van der Waals surface area contributed by atoms with Crippen LogP contribution < -0.4 is 16.2 Å². The van der Waals surface area contributed by atoms with Crippen molar-refractivity contribution in [1.29, 1.82) is 0 Å². The molecular formula is C25H26N6O3. The summed E-state index contributed by atoms with van der Waals surface area (Å²) in [6, 6.07) is 17.5. The smallest absolute Gasteiger partial charge is 0.332 e. The van der Waals surface area contributed by atoms with Crippen LogP contribution in [0.15, 0.2) is 59.4 Å².